The van der Waals surface area contributed by atoms with Crippen LogP contribution < -0.4 is 0 Å². The van der Waals surface area contributed by atoms with Gasteiger partial charge in [0.2, 0.25) is 0 Å². The summed E-state index contributed by atoms with van der Waals surface area (Å²) in [5.74, 6) is -0.306. The van der Waals surface area contributed by atoms with E-state index >= 15 is 0 Å². The van der Waals surface area contributed by atoms with Crippen molar-refractivity contribution >= 4 is 5.97 Å². The van der Waals surface area contributed by atoms with Crippen LogP contribution in [0.3, 0.4) is 0 Å². The molecule has 0 saturated carbocycles. The molecule has 0 atom stereocenters. The van der Waals surface area contributed by atoms with Gasteiger partial charge in [-0.2, -0.15) is 5.26 Å². The Morgan fingerprint density at radius 2 is 0.730 bits per heavy atom. The highest BCUT2D eigenvalue weighted by Gasteiger charge is 2.55. The monoisotopic (exact) mass is 525 g/mol. The molecule has 0 rings (SSSR count). The summed E-state index contributed by atoms with van der Waals surface area (Å²) >= 11 is 0. The topological polar surface area (TPSA) is 46.5 Å². The molecule has 0 unspecified atom stereocenters. The molecular weight excluding hydrogens is 456 g/mol. The van der Waals surface area contributed by atoms with Crippen molar-refractivity contribution in [2.45, 2.75) is 202 Å². The molecule has 0 saturated heterocycles. The Labute approximate surface area is 233 Å². The Balaban J connectivity index is 6.35. The number of carbonyl (C=O) groups excluding carboxylic acids is 1. The van der Waals surface area contributed by atoms with Crippen LogP contribution in [0.25, 0.3) is 0 Å². The van der Waals surface area contributed by atoms with Crippen molar-refractivity contribution in [2.75, 3.05) is 0 Å². The molecule has 1 N–H and O–H groups in total. The van der Waals surface area contributed by atoms with E-state index in [0.29, 0.717) is 0 Å². The lowest BCUT2D eigenvalue weighted by Crippen LogP contribution is -2.49. The normalized spacial score (nSPS) is 12.3. The summed E-state index contributed by atoms with van der Waals surface area (Å²) in [7, 11) is 0. The Morgan fingerprint density at radius 1 is 0.459 bits per heavy atom. The lowest BCUT2D eigenvalue weighted by molar-refractivity contribution is -0.255. The SMILES string of the molecule is CCCCCCCC(CCCCCC)(CCCCCC)C(CCCCCC)(CCCCCC)C(=O)OO. The van der Waals surface area contributed by atoms with Crippen molar-refractivity contribution in [3.8, 4) is 0 Å². The first-order valence-corrected chi connectivity index (χ1v) is 16.9. The lowest BCUT2D eigenvalue weighted by Gasteiger charge is -2.50. The highest BCUT2D eigenvalue weighted by Crippen LogP contribution is 2.57. The fourth-order valence-electron chi connectivity index (χ4n) is 6.81. The van der Waals surface area contributed by atoms with Crippen LogP contribution in [0, 0.1) is 10.8 Å². The van der Waals surface area contributed by atoms with Gasteiger partial charge in [-0.1, -0.05) is 169 Å². The molecule has 0 fully saturated rings. The third kappa shape index (κ3) is 14.4. The van der Waals surface area contributed by atoms with E-state index in [1.807, 2.05) is 0 Å². The van der Waals surface area contributed by atoms with Crippen molar-refractivity contribution in [3.05, 3.63) is 0 Å². The molecule has 0 spiro atoms. The average molecular weight is 525 g/mol. The Kier molecular flexibility index (Phi) is 24.1. The predicted octanol–water partition coefficient (Wildman–Crippen LogP) is 12.2. The maximum absolute atomic E-state index is 13.8. The second kappa shape index (κ2) is 24.5. The average Bonchev–Trinajstić information content (AvgIpc) is 2.91. The van der Waals surface area contributed by atoms with Crippen LogP contribution in [0.1, 0.15) is 202 Å². The zero-order chi connectivity index (χ0) is 27.7. The van der Waals surface area contributed by atoms with E-state index < -0.39 is 5.41 Å². The van der Waals surface area contributed by atoms with Crippen LogP contribution >= 0.6 is 0 Å². The minimum atomic E-state index is -0.549. The van der Waals surface area contributed by atoms with E-state index in [4.69, 9.17) is 4.89 Å². The van der Waals surface area contributed by atoms with Crippen molar-refractivity contribution in [2.24, 2.45) is 10.8 Å². The Morgan fingerprint density at radius 3 is 1.03 bits per heavy atom. The van der Waals surface area contributed by atoms with Crippen LogP contribution in [0.5, 0.6) is 0 Å². The van der Waals surface area contributed by atoms with Crippen LogP contribution in [0.2, 0.25) is 0 Å². The molecule has 0 aliphatic carbocycles. The molecule has 0 aromatic carbocycles. The van der Waals surface area contributed by atoms with Crippen molar-refractivity contribution < 1.29 is 14.9 Å². The van der Waals surface area contributed by atoms with Crippen molar-refractivity contribution in [3.63, 3.8) is 0 Å². The quantitative estimate of drug-likeness (QED) is 0.0628. The molecule has 222 valence electrons. The van der Waals surface area contributed by atoms with Gasteiger partial charge in [0, 0.05) is 0 Å². The first-order valence-electron chi connectivity index (χ1n) is 16.9. The van der Waals surface area contributed by atoms with Crippen LogP contribution in [0.15, 0.2) is 0 Å². The van der Waals surface area contributed by atoms with Gasteiger partial charge in [0.25, 0.3) is 0 Å². The number of rotatable bonds is 28. The summed E-state index contributed by atoms with van der Waals surface area (Å²) in [6.07, 6.45) is 30.6. The van der Waals surface area contributed by atoms with E-state index in [1.54, 1.807) is 0 Å². The molecule has 3 nitrogen and oxygen atoms in total. The highest BCUT2D eigenvalue weighted by atomic mass is 17.1. The Bertz CT molecular complexity index is 477. The summed E-state index contributed by atoms with van der Waals surface area (Å²) in [4.78, 5) is 18.6. The maximum atomic E-state index is 13.8. The fourth-order valence-corrected chi connectivity index (χ4v) is 6.81. The van der Waals surface area contributed by atoms with Gasteiger partial charge in [0.1, 0.15) is 0 Å². The molecule has 0 aromatic heterocycles. The van der Waals surface area contributed by atoms with E-state index in [1.165, 1.54) is 122 Å². The van der Waals surface area contributed by atoms with E-state index in [0.717, 1.165) is 44.9 Å². The highest BCUT2D eigenvalue weighted by molar-refractivity contribution is 5.77. The van der Waals surface area contributed by atoms with Crippen LogP contribution in [0.4, 0.5) is 0 Å². The minimum absolute atomic E-state index is 0.0566. The predicted molar refractivity (Wildman–Crippen MR) is 162 cm³/mol. The van der Waals surface area contributed by atoms with Gasteiger partial charge in [0.15, 0.2) is 0 Å². The molecule has 3 heteroatoms. The third-order valence-electron chi connectivity index (χ3n) is 9.18. The third-order valence-corrected chi connectivity index (χ3v) is 9.18. The summed E-state index contributed by atoms with van der Waals surface area (Å²) in [6.45, 7) is 11.3. The molecular formula is C34H68O3. The molecule has 0 heterocycles. The second-order valence-corrected chi connectivity index (χ2v) is 12.1. The summed E-state index contributed by atoms with van der Waals surface area (Å²) in [6, 6.07) is 0. The molecule has 0 amide bonds. The largest absolute Gasteiger partial charge is 0.348 e. The molecule has 37 heavy (non-hydrogen) atoms. The molecule has 0 bridgehead atoms. The number of hydrogen-bond donors (Lipinski definition) is 1. The summed E-state index contributed by atoms with van der Waals surface area (Å²) in [5.41, 5.74) is -0.606. The fraction of sp³-hybridized carbons (Fsp3) is 0.971. The Hall–Kier alpha value is -0.570. The minimum Gasteiger partial charge on any atom is -0.300 e. The summed E-state index contributed by atoms with van der Waals surface area (Å²) in [5, 5.41) is 9.95. The first-order chi connectivity index (χ1) is 18.0. The number of carbonyl (C=O) groups is 1. The lowest BCUT2D eigenvalue weighted by atomic mass is 9.53. The van der Waals surface area contributed by atoms with Crippen LogP contribution in [-0.2, 0) is 9.68 Å². The van der Waals surface area contributed by atoms with Gasteiger partial charge < -0.3 is 4.89 Å². The zero-order valence-electron chi connectivity index (χ0n) is 26.1. The van der Waals surface area contributed by atoms with Gasteiger partial charge in [-0.15, -0.1) is 0 Å². The van der Waals surface area contributed by atoms with E-state index in [9.17, 15) is 10.1 Å². The van der Waals surface area contributed by atoms with Crippen molar-refractivity contribution in [1.29, 1.82) is 0 Å². The van der Waals surface area contributed by atoms with Gasteiger partial charge in [0.05, 0.1) is 5.41 Å². The summed E-state index contributed by atoms with van der Waals surface area (Å²) < 4.78 is 0. The van der Waals surface area contributed by atoms with E-state index in [-0.39, 0.29) is 11.4 Å². The standard InChI is InChI=1S/C34H68O3/c1-6-11-16-21-24-29-33(27-22-17-12-7-2,28-23-18-13-8-3)34(32(35)37-36,30-25-19-14-9-4)31-26-20-15-10-5/h36H,6-31H2,1-5H3. The van der Waals surface area contributed by atoms with E-state index in [2.05, 4.69) is 34.6 Å². The molecule has 0 aliphatic rings. The van der Waals surface area contributed by atoms with Gasteiger partial charge >= 0.3 is 5.97 Å². The molecule has 0 aromatic rings. The van der Waals surface area contributed by atoms with Gasteiger partial charge in [-0.05, 0) is 37.5 Å². The van der Waals surface area contributed by atoms with Crippen LogP contribution in [-0.4, -0.2) is 11.2 Å². The van der Waals surface area contributed by atoms with Gasteiger partial charge in [-0.3, -0.25) is 0 Å². The van der Waals surface area contributed by atoms with Crippen molar-refractivity contribution in [1.82, 2.24) is 0 Å². The molecule has 0 radical (unpaired) electrons. The molecule has 0 aliphatic heterocycles. The van der Waals surface area contributed by atoms with Gasteiger partial charge in [-0.25, -0.2) is 4.79 Å². The first kappa shape index (κ1) is 36.4. The zero-order valence-corrected chi connectivity index (χ0v) is 26.1. The number of unbranched alkanes of at least 4 members (excludes halogenated alkanes) is 16. The number of hydrogen-bond acceptors (Lipinski definition) is 3. The maximum Gasteiger partial charge on any atom is 0.348 e. The smallest absolute Gasteiger partial charge is 0.300 e. The second-order valence-electron chi connectivity index (χ2n) is 12.1.